The highest BCUT2D eigenvalue weighted by atomic mass is 79.9. The third-order valence-electron chi connectivity index (χ3n) is 2.22. The molecule has 0 saturated heterocycles. The van der Waals surface area contributed by atoms with E-state index in [0.29, 0.717) is 5.69 Å². The summed E-state index contributed by atoms with van der Waals surface area (Å²) in [5.41, 5.74) is 7.33. The number of aryl methyl sites for hydroxylation is 1. The van der Waals surface area contributed by atoms with E-state index < -0.39 is 0 Å². The fourth-order valence-electron chi connectivity index (χ4n) is 1.40. The molecular formula is C11H13BrN4S. The molecule has 2 heterocycles. The lowest BCUT2D eigenvalue weighted by atomic mass is 10.3. The molecule has 6 heteroatoms. The lowest BCUT2D eigenvalue weighted by Crippen LogP contribution is -2.08. The van der Waals surface area contributed by atoms with Crippen molar-refractivity contribution in [2.75, 3.05) is 11.1 Å². The number of pyridine rings is 1. The van der Waals surface area contributed by atoms with Gasteiger partial charge in [-0.15, -0.1) is 11.3 Å². The van der Waals surface area contributed by atoms with Gasteiger partial charge in [0.25, 0.3) is 0 Å². The van der Waals surface area contributed by atoms with E-state index in [2.05, 4.69) is 38.1 Å². The molecule has 2 aromatic heterocycles. The number of hydrogen-bond acceptors (Lipinski definition) is 5. The predicted molar refractivity (Wildman–Crippen MR) is 75.2 cm³/mol. The molecule has 1 atom stereocenters. The average Bonchev–Trinajstić information content (AvgIpc) is 2.69. The average molecular weight is 313 g/mol. The Morgan fingerprint density at radius 1 is 1.53 bits per heavy atom. The first-order valence-electron chi connectivity index (χ1n) is 5.16. The van der Waals surface area contributed by atoms with Crippen LogP contribution in [0.4, 0.5) is 11.5 Å². The molecule has 0 aliphatic carbocycles. The van der Waals surface area contributed by atoms with E-state index >= 15 is 0 Å². The van der Waals surface area contributed by atoms with Crippen LogP contribution >= 0.6 is 27.3 Å². The number of aromatic nitrogens is 2. The lowest BCUT2D eigenvalue weighted by molar-refractivity contribution is 0.854. The first-order chi connectivity index (χ1) is 8.06. The van der Waals surface area contributed by atoms with Crippen molar-refractivity contribution in [2.45, 2.75) is 19.9 Å². The van der Waals surface area contributed by atoms with Crippen LogP contribution < -0.4 is 11.1 Å². The van der Waals surface area contributed by atoms with Gasteiger partial charge in [0.15, 0.2) is 0 Å². The topological polar surface area (TPSA) is 63.8 Å². The van der Waals surface area contributed by atoms with Crippen molar-refractivity contribution in [1.82, 2.24) is 9.97 Å². The minimum atomic E-state index is 0.126. The summed E-state index contributed by atoms with van der Waals surface area (Å²) in [7, 11) is 0. The molecule has 1 unspecified atom stereocenters. The molecule has 0 spiro atoms. The van der Waals surface area contributed by atoms with Crippen LogP contribution in [0.2, 0.25) is 0 Å². The van der Waals surface area contributed by atoms with Crippen LogP contribution in [0.1, 0.15) is 23.7 Å². The Hall–Kier alpha value is -1.14. The van der Waals surface area contributed by atoms with Crippen LogP contribution in [0.15, 0.2) is 22.1 Å². The predicted octanol–water partition coefficient (Wildman–Crippen LogP) is 3.36. The van der Waals surface area contributed by atoms with Gasteiger partial charge in [0.1, 0.15) is 10.8 Å². The lowest BCUT2D eigenvalue weighted by Gasteiger charge is -2.13. The largest absolute Gasteiger partial charge is 0.397 e. The van der Waals surface area contributed by atoms with Crippen molar-refractivity contribution in [3.8, 4) is 0 Å². The number of anilines is 2. The van der Waals surface area contributed by atoms with Gasteiger partial charge in [0, 0.05) is 11.1 Å². The molecule has 0 aliphatic heterocycles. The zero-order valence-corrected chi connectivity index (χ0v) is 12.0. The first-order valence-corrected chi connectivity index (χ1v) is 6.83. The van der Waals surface area contributed by atoms with Crippen LogP contribution in [0.25, 0.3) is 0 Å². The number of halogens is 1. The van der Waals surface area contributed by atoms with E-state index in [-0.39, 0.29) is 6.04 Å². The molecular weight excluding hydrogens is 300 g/mol. The van der Waals surface area contributed by atoms with Crippen LogP contribution in [-0.4, -0.2) is 9.97 Å². The molecule has 0 amide bonds. The second kappa shape index (κ2) is 5.01. The molecule has 0 aromatic carbocycles. The van der Waals surface area contributed by atoms with Gasteiger partial charge < -0.3 is 11.1 Å². The highest BCUT2D eigenvalue weighted by molar-refractivity contribution is 9.10. The molecule has 0 fully saturated rings. The summed E-state index contributed by atoms with van der Waals surface area (Å²) in [6.45, 7) is 4.05. The third-order valence-corrected chi connectivity index (χ3v) is 3.97. The summed E-state index contributed by atoms with van der Waals surface area (Å²) < 4.78 is 0.859. The monoisotopic (exact) mass is 312 g/mol. The third kappa shape index (κ3) is 2.95. The fraction of sp³-hybridized carbons (Fsp3) is 0.273. The second-order valence-electron chi connectivity index (χ2n) is 3.79. The summed E-state index contributed by atoms with van der Waals surface area (Å²) in [5, 5.41) is 6.39. The first kappa shape index (κ1) is 12.3. The second-order valence-corrected chi connectivity index (χ2v) is 5.54. The molecule has 90 valence electrons. The molecule has 17 heavy (non-hydrogen) atoms. The number of hydrogen-bond donors (Lipinski definition) is 2. The molecule has 2 rings (SSSR count). The summed E-state index contributed by atoms with van der Waals surface area (Å²) in [4.78, 5) is 8.69. The van der Waals surface area contributed by atoms with Gasteiger partial charge in [-0.2, -0.15) is 0 Å². The summed E-state index contributed by atoms with van der Waals surface area (Å²) in [6.07, 6.45) is 1.63. The SMILES string of the molecule is Cc1csc(C(C)Nc2ncc(N)cc2Br)n1. The number of rotatable bonds is 3. The molecule has 0 aliphatic rings. The van der Waals surface area contributed by atoms with E-state index in [9.17, 15) is 0 Å². The van der Waals surface area contributed by atoms with E-state index in [0.717, 1.165) is 21.0 Å². The summed E-state index contributed by atoms with van der Waals surface area (Å²) >= 11 is 5.08. The molecule has 2 aromatic rings. The van der Waals surface area contributed by atoms with E-state index in [1.807, 2.05) is 18.4 Å². The Morgan fingerprint density at radius 2 is 2.29 bits per heavy atom. The van der Waals surface area contributed by atoms with Crippen LogP contribution in [0.3, 0.4) is 0 Å². The normalized spacial score (nSPS) is 12.4. The number of nitrogen functional groups attached to an aromatic ring is 1. The molecule has 0 radical (unpaired) electrons. The molecule has 0 saturated carbocycles. The van der Waals surface area contributed by atoms with Gasteiger partial charge in [0.05, 0.1) is 22.4 Å². The van der Waals surface area contributed by atoms with Crippen molar-refractivity contribution < 1.29 is 0 Å². The van der Waals surface area contributed by atoms with Crippen LogP contribution in [0, 0.1) is 6.92 Å². The summed E-state index contributed by atoms with van der Waals surface area (Å²) in [5.74, 6) is 0.777. The minimum absolute atomic E-state index is 0.126. The Kier molecular flexibility index (Phi) is 3.63. The van der Waals surface area contributed by atoms with E-state index in [4.69, 9.17) is 5.73 Å². The van der Waals surface area contributed by atoms with Crippen molar-refractivity contribution in [1.29, 1.82) is 0 Å². The highest BCUT2D eigenvalue weighted by Crippen LogP contribution is 2.27. The molecule has 0 bridgehead atoms. The van der Waals surface area contributed by atoms with Gasteiger partial charge in [0.2, 0.25) is 0 Å². The Morgan fingerprint density at radius 3 is 2.88 bits per heavy atom. The zero-order chi connectivity index (χ0) is 12.4. The standard InChI is InChI=1S/C11H13BrN4S/c1-6-5-17-11(15-6)7(2)16-10-9(12)3-8(13)4-14-10/h3-5,7H,13H2,1-2H3,(H,14,16). The van der Waals surface area contributed by atoms with Gasteiger partial charge in [-0.05, 0) is 35.8 Å². The smallest absolute Gasteiger partial charge is 0.140 e. The van der Waals surface area contributed by atoms with Crippen molar-refractivity contribution in [3.63, 3.8) is 0 Å². The highest BCUT2D eigenvalue weighted by Gasteiger charge is 2.11. The van der Waals surface area contributed by atoms with Crippen LogP contribution in [0.5, 0.6) is 0 Å². The van der Waals surface area contributed by atoms with E-state index in [1.165, 1.54) is 0 Å². The maximum atomic E-state index is 5.64. The fourth-order valence-corrected chi connectivity index (χ4v) is 2.68. The summed E-state index contributed by atoms with van der Waals surface area (Å²) in [6, 6.07) is 1.95. The van der Waals surface area contributed by atoms with Gasteiger partial charge in [-0.3, -0.25) is 0 Å². The maximum absolute atomic E-state index is 5.64. The minimum Gasteiger partial charge on any atom is -0.397 e. The molecule has 3 N–H and O–H groups in total. The zero-order valence-electron chi connectivity index (χ0n) is 9.57. The van der Waals surface area contributed by atoms with Gasteiger partial charge in [-0.1, -0.05) is 0 Å². The van der Waals surface area contributed by atoms with E-state index in [1.54, 1.807) is 17.5 Å². The Bertz CT molecular complexity index is 526. The van der Waals surface area contributed by atoms with Crippen molar-refractivity contribution >= 4 is 38.8 Å². The van der Waals surface area contributed by atoms with Gasteiger partial charge in [-0.25, -0.2) is 9.97 Å². The maximum Gasteiger partial charge on any atom is 0.140 e. The number of thiazole rings is 1. The van der Waals surface area contributed by atoms with Gasteiger partial charge >= 0.3 is 0 Å². The number of nitrogens with zero attached hydrogens (tertiary/aromatic N) is 2. The molecule has 4 nitrogen and oxygen atoms in total. The quantitative estimate of drug-likeness (QED) is 0.912. The van der Waals surface area contributed by atoms with Crippen molar-refractivity contribution in [3.05, 3.63) is 32.8 Å². The number of nitrogens with two attached hydrogens (primary N) is 1. The van der Waals surface area contributed by atoms with Crippen molar-refractivity contribution in [2.24, 2.45) is 0 Å². The number of nitrogens with one attached hydrogen (secondary N) is 1. The van der Waals surface area contributed by atoms with Crippen LogP contribution in [-0.2, 0) is 0 Å². The Balaban J connectivity index is 2.15. The Labute approximate surface area is 112 Å².